The van der Waals surface area contributed by atoms with Crippen molar-refractivity contribution in [3.05, 3.63) is 35.9 Å². The molecule has 1 aromatic rings. The molecule has 0 aromatic heterocycles. The fraction of sp³-hybridized carbons (Fsp3) is 0.364. The van der Waals surface area contributed by atoms with Crippen molar-refractivity contribution in [2.75, 3.05) is 0 Å². The zero-order valence-corrected chi connectivity index (χ0v) is 10.0. The van der Waals surface area contributed by atoms with E-state index in [1.54, 1.807) is 0 Å². The van der Waals surface area contributed by atoms with Gasteiger partial charge in [-0.05, 0) is 0 Å². The Bertz CT molecular complexity index is 296. The molecule has 0 bridgehead atoms. The fourth-order valence-corrected chi connectivity index (χ4v) is 1.12. The number of benzene rings is 1. The summed E-state index contributed by atoms with van der Waals surface area (Å²) in [6.45, 7) is 6.51. The predicted octanol–water partition coefficient (Wildman–Crippen LogP) is 2.00. The van der Waals surface area contributed by atoms with Crippen molar-refractivity contribution in [1.29, 1.82) is 0 Å². The molecule has 0 atom stereocenters. The number of hydrogen-bond donors (Lipinski definition) is 0. The molecule has 1 rings (SSSR count). The van der Waals surface area contributed by atoms with E-state index in [1.807, 2.05) is 18.2 Å². The topological polar surface area (TPSA) is 3.01 Å². The molecule has 0 fully saturated rings. The standard InChI is InChI=1S/C11H15NSe/c1-11(2,3)12(13)9-10-7-5-4-6-8-10/h4-9H,1-3H3/q+1. The summed E-state index contributed by atoms with van der Waals surface area (Å²) in [7, 11) is 0. The molecular formula is C11H15NSe+. The Morgan fingerprint density at radius 2 is 1.69 bits per heavy atom. The van der Waals surface area contributed by atoms with Gasteiger partial charge in [-0.3, -0.25) is 0 Å². The van der Waals surface area contributed by atoms with E-state index >= 15 is 0 Å². The molecule has 0 aliphatic rings. The van der Waals surface area contributed by atoms with E-state index in [0.717, 1.165) is 0 Å². The average molecular weight is 240 g/mol. The van der Waals surface area contributed by atoms with Crippen molar-refractivity contribution in [1.82, 2.24) is 0 Å². The normalized spacial score (nSPS) is 13.0. The Kier molecular flexibility index (Phi) is 3.29. The quantitative estimate of drug-likeness (QED) is 0.521. The molecule has 0 N–H and O–H groups in total. The molecule has 0 aliphatic heterocycles. The monoisotopic (exact) mass is 241 g/mol. The predicted molar refractivity (Wildman–Crippen MR) is 57.4 cm³/mol. The Hall–Kier alpha value is -0.591. The second-order valence-electron chi connectivity index (χ2n) is 4.04. The molecule has 0 spiro atoms. The Labute approximate surface area is 88.5 Å². The summed E-state index contributed by atoms with van der Waals surface area (Å²) in [6.07, 6.45) is 2.11. The average Bonchev–Trinajstić information content (AvgIpc) is 2.04. The van der Waals surface area contributed by atoms with Crippen molar-refractivity contribution in [3.8, 4) is 0 Å². The van der Waals surface area contributed by atoms with Gasteiger partial charge in [0.1, 0.15) is 0 Å². The summed E-state index contributed by atoms with van der Waals surface area (Å²) in [5.41, 5.74) is 1.35. The van der Waals surface area contributed by atoms with Crippen LogP contribution in [0.5, 0.6) is 0 Å². The van der Waals surface area contributed by atoms with Crippen molar-refractivity contribution in [2.24, 2.45) is 0 Å². The number of rotatable bonds is 1. The second kappa shape index (κ2) is 4.08. The van der Waals surface area contributed by atoms with E-state index < -0.39 is 0 Å². The SMILES string of the molecule is CC(C)(C)[N+]([Se])=Cc1ccccc1. The molecule has 1 nitrogen and oxygen atoms in total. The number of hydrogen-bond acceptors (Lipinski definition) is 0. The first kappa shape index (κ1) is 10.5. The summed E-state index contributed by atoms with van der Waals surface area (Å²) >= 11 is 3.04. The zero-order chi connectivity index (χ0) is 9.90. The third-order valence-electron chi connectivity index (χ3n) is 1.73. The maximum absolute atomic E-state index is 3.04. The Morgan fingerprint density at radius 1 is 1.15 bits per heavy atom. The molecule has 0 heterocycles. The molecule has 2 heteroatoms. The third kappa shape index (κ3) is 3.33. The molecule has 0 unspecified atom stereocenters. The second-order valence-corrected chi connectivity index (χ2v) is 4.86. The van der Waals surface area contributed by atoms with Crippen LogP contribution in [-0.2, 0) is 0 Å². The molecule has 0 saturated heterocycles. The molecule has 1 aromatic carbocycles. The van der Waals surface area contributed by atoms with Gasteiger partial charge in [-0.25, -0.2) is 0 Å². The van der Waals surface area contributed by atoms with E-state index in [9.17, 15) is 0 Å². The van der Waals surface area contributed by atoms with Crippen LogP contribution in [0.25, 0.3) is 0 Å². The van der Waals surface area contributed by atoms with Crippen LogP contribution in [0.15, 0.2) is 30.3 Å². The van der Waals surface area contributed by atoms with Gasteiger partial charge in [-0.2, -0.15) is 0 Å². The van der Waals surface area contributed by atoms with E-state index in [-0.39, 0.29) is 5.54 Å². The van der Waals surface area contributed by atoms with Crippen LogP contribution in [0, 0.1) is 0 Å². The van der Waals surface area contributed by atoms with Crippen molar-refractivity contribution in [3.63, 3.8) is 0 Å². The molecule has 0 aliphatic carbocycles. The molecule has 69 valence electrons. The van der Waals surface area contributed by atoms with E-state index in [2.05, 4.69) is 58.9 Å². The summed E-state index contributed by atoms with van der Waals surface area (Å²) in [4.78, 5) is 0. The van der Waals surface area contributed by atoms with Crippen LogP contribution in [-0.4, -0.2) is 31.6 Å². The molecule has 1 radical (unpaired) electrons. The van der Waals surface area contributed by atoms with Crippen LogP contribution in [0.4, 0.5) is 0 Å². The zero-order valence-electron chi connectivity index (χ0n) is 8.32. The van der Waals surface area contributed by atoms with Crippen LogP contribution < -0.4 is 0 Å². The summed E-state index contributed by atoms with van der Waals surface area (Å²) in [6, 6.07) is 10.3. The van der Waals surface area contributed by atoms with Crippen LogP contribution >= 0.6 is 0 Å². The third-order valence-corrected chi connectivity index (χ3v) is 3.10. The van der Waals surface area contributed by atoms with Gasteiger partial charge in [0.2, 0.25) is 0 Å². The van der Waals surface area contributed by atoms with E-state index in [1.165, 1.54) is 5.56 Å². The minimum absolute atomic E-state index is 0.135. The first-order valence-corrected chi connectivity index (χ1v) is 5.13. The van der Waals surface area contributed by atoms with E-state index in [0.29, 0.717) is 0 Å². The maximum atomic E-state index is 3.04. The van der Waals surface area contributed by atoms with Crippen LogP contribution in [0.2, 0.25) is 0 Å². The van der Waals surface area contributed by atoms with Gasteiger partial charge in [0, 0.05) is 0 Å². The van der Waals surface area contributed by atoms with Gasteiger partial charge in [0.25, 0.3) is 0 Å². The number of nitrogens with zero attached hydrogens (tertiary/aromatic N) is 1. The van der Waals surface area contributed by atoms with Gasteiger partial charge in [0.15, 0.2) is 0 Å². The van der Waals surface area contributed by atoms with Gasteiger partial charge < -0.3 is 0 Å². The molecular weight excluding hydrogens is 225 g/mol. The van der Waals surface area contributed by atoms with Crippen LogP contribution in [0.3, 0.4) is 0 Å². The van der Waals surface area contributed by atoms with Gasteiger partial charge in [-0.1, -0.05) is 0 Å². The summed E-state index contributed by atoms with van der Waals surface area (Å²) in [5.74, 6) is 0. The molecule has 0 amide bonds. The van der Waals surface area contributed by atoms with E-state index in [4.69, 9.17) is 0 Å². The van der Waals surface area contributed by atoms with Crippen LogP contribution in [0.1, 0.15) is 26.3 Å². The van der Waals surface area contributed by atoms with Gasteiger partial charge in [0.05, 0.1) is 0 Å². The fourth-order valence-electron chi connectivity index (χ4n) is 0.868. The van der Waals surface area contributed by atoms with Crippen molar-refractivity contribution < 1.29 is 3.59 Å². The summed E-state index contributed by atoms with van der Waals surface area (Å²) in [5, 5.41) is 0. The first-order valence-electron chi connectivity index (χ1n) is 4.36. The van der Waals surface area contributed by atoms with Gasteiger partial charge >= 0.3 is 88.2 Å². The first-order chi connectivity index (χ1) is 6.00. The summed E-state index contributed by atoms with van der Waals surface area (Å²) < 4.78 is 2.10. The Morgan fingerprint density at radius 3 is 2.15 bits per heavy atom. The molecule has 13 heavy (non-hydrogen) atoms. The van der Waals surface area contributed by atoms with Crippen molar-refractivity contribution >= 4 is 22.4 Å². The van der Waals surface area contributed by atoms with Gasteiger partial charge in [-0.15, -0.1) is 0 Å². The van der Waals surface area contributed by atoms with Crippen molar-refractivity contribution in [2.45, 2.75) is 26.3 Å². The Balaban J connectivity index is 2.90. The molecule has 0 saturated carbocycles. The minimum atomic E-state index is 0.135.